The molecule has 0 fully saturated rings. The molecule has 0 atom stereocenters. The number of nitrogens with zero attached hydrogens (tertiary/aromatic N) is 1. The molecule has 0 saturated carbocycles. The second kappa shape index (κ2) is 8.14. The van der Waals surface area contributed by atoms with Gasteiger partial charge in [0.25, 0.3) is 0 Å². The van der Waals surface area contributed by atoms with Crippen molar-refractivity contribution in [2.75, 3.05) is 21.1 Å². The van der Waals surface area contributed by atoms with E-state index in [1.807, 2.05) is 56.4 Å². The third-order valence-electron chi connectivity index (χ3n) is 1.80. The third-order valence-corrected chi connectivity index (χ3v) is 2.09. The summed E-state index contributed by atoms with van der Waals surface area (Å²) in [5.41, 5.74) is 3.27. The van der Waals surface area contributed by atoms with E-state index < -0.39 is 0 Å². The van der Waals surface area contributed by atoms with Crippen LogP contribution in [-0.4, -0.2) is 26.0 Å². The van der Waals surface area contributed by atoms with Crippen molar-refractivity contribution < 1.29 is 0 Å². The van der Waals surface area contributed by atoms with E-state index >= 15 is 0 Å². The van der Waals surface area contributed by atoms with Gasteiger partial charge in [-0.05, 0) is 37.8 Å². The molecule has 0 heterocycles. The van der Waals surface area contributed by atoms with Crippen molar-refractivity contribution in [3.05, 3.63) is 48.0 Å². The molecule has 0 aliphatic rings. The minimum atomic E-state index is 0.517. The van der Waals surface area contributed by atoms with Crippen LogP contribution in [-0.2, 0) is 5.88 Å². The number of hydrogen-bond acceptors (Lipinski definition) is 1. The van der Waals surface area contributed by atoms with Gasteiger partial charge in [-0.1, -0.05) is 43.5 Å². The molecule has 1 nitrogen and oxygen atoms in total. The van der Waals surface area contributed by atoms with Gasteiger partial charge in [-0.3, -0.25) is 0 Å². The van der Waals surface area contributed by atoms with Crippen molar-refractivity contribution in [1.29, 1.82) is 0 Å². The van der Waals surface area contributed by atoms with Crippen LogP contribution >= 0.6 is 11.6 Å². The fourth-order valence-corrected chi connectivity index (χ4v) is 1.41. The minimum Gasteiger partial charge on any atom is -0.312 e. The fraction of sp³-hybridized carbons (Fsp3) is 0.286. The first-order valence-corrected chi connectivity index (χ1v) is 5.63. The monoisotopic (exact) mass is 237 g/mol. The molecule has 1 aromatic rings. The second-order valence-electron chi connectivity index (χ2n) is 3.80. The number of alkyl halides is 1. The highest BCUT2D eigenvalue weighted by atomic mass is 35.5. The Morgan fingerprint density at radius 1 is 1.19 bits per heavy atom. The maximum Gasteiger partial charge on any atom is 0.0480 e. The Balaban J connectivity index is 0.000000487. The predicted octanol–water partition coefficient (Wildman–Crippen LogP) is 3.89. The van der Waals surface area contributed by atoms with Gasteiger partial charge in [0.1, 0.15) is 0 Å². The largest absolute Gasteiger partial charge is 0.312 e. The Morgan fingerprint density at radius 2 is 1.75 bits per heavy atom. The smallest absolute Gasteiger partial charge is 0.0480 e. The van der Waals surface area contributed by atoms with Crippen molar-refractivity contribution in [3.63, 3.8) is 0 Å². The molecule has 0 radical (unpaired) electrons. The first-order chi connectivity index (χ1) is 7.56. The number of benzene rings is 1. The first kappa shape index (κ1) is 14.9. The zero-order chi connectivity index (χ0) is 12.6. The van der Waals surface area contributed by atoms with E-state index in [0.717, 1.165) is 16.7 Å². The minimum absolute atomic E-state index is 0.517. The number of halogens is 1. The van der Waals surface area contributed by atoms with Crippen LogP contribution in [0.5, 0.6) is 0 Å². The molecule has 1 rings (SSSR count). The summed E-state index contributed by atoms with van der Waals surface area (Å²) in [5, 5.41) is 0. The van der Waals surface area contributed by atoms with Gasteiger partial charge in [0.05, 0.1) is 0 Å². The molecular weight excluding hydrogens is 218 g/mol. The SMILES string of the molecule is C=Cc1cccc(CCl)c1C=C.CN(C)C. The number of rotatable bonds is 3. The molecule has 0 amide bonds. The molecule has 88 valence electrons. The summed E-state index contributed by atoms with van der Waals surface area (Å²) in [5.74, 6) is 0.517. The molecule has 16 heavy (non-hydrogen) atoms. The Bertz CT molecular complexity index is 340. The van der Waals surface area contributed by atoms with Gasteiger partial charge < -0.3 is 4.90 Å². The lowest BCUT2D eigenvalue weighted by Crippen LogP contribution is -1.99. The molecule has 0 aromatic heterocycles. The lowest BCUT2D eigenvalue weighted by Gasteiger charge is -2.05. The van der Waals surface area contributed by atoms with Gasteiger partial charge in [-0.2, -0.15) is 0 Å². The van der Waals surface area contributed by atoms with Gasteiger partial charge in [-0.25, -0.2) is 0 Å². The molecule has 0 spiro atoms. The Morgan fingerprint density at radius 3 is 2.12 bits per heavy atom. The molecule has 0 bridgehead atoms. The van der Waals surface area contributed by atoms with Crippen LogP contribution < -0.4 is 0 Å². The molecule has 0 saturated heterocycles. The number of hydrogen-bond donors (Lipinski definition) is 0. The summed E-state index contributed by atoms with van der Waals surface area (Å²) in [6.07, 6.45) is 3.63. The van der Waals surface area contributed by atoms with Crippen molar-refractivity contribution in [2.24, 2.45) is 0 Å². The Hall–Kier alpha value is -1.05. The topological polar surface area (TPSA) is 3.24 Å². The van der Waals surface area contributed by atoms with Crippen LogP contribution in [0.15, 0.2) is 31.4 Å². The second-order valence-corrected chi connectivity index (χ2v) is 4.07. The van der Waals surface area contributed by atoms with Gasteiger partial charge in [-0.15, -0.1) is 11.6 Å². The summed E-state index contributed by atoms with van der Waals surface area (Å²) < 4.78 is 0. The van der Waals surface area contributed by atoms with Crippen molar-refractivity contribution in [3.8, 4) is 0 Å². The summed E-state index contributed by atoms with van der Waals surface area (Å²) in [6, 6.07) is 5.97. The van der Waals surface area contributed by atoms with Crippen LogP contribution in [0.4, 0.5) is 0 Å². The zero-order valence-electron chi connectivity index (χ0n) is 10.3. The van der Waals surface area contributed by atoms with Crippen LogP contribution in [0, 0.1) is 0 Å². The Labute approximate surface area is 104 Å². The average molecular weight is 238 g/mol. The standard InChI is InChI=1S/C11H11Cl.C3H9N/c1-3-9-6-5-7-10(8-12)11(9)4-2;1-4(2)3/h3-7H,1-2,8H2;1-3H3. The van der Waals surface area contributed by atoms with E-state index in [-0.39, 0.29) is 0 Å². The first-order valence-electron chi connectivity index (χ1n) is 5.10. The van der Waals surface area contributed by atoms with E-state index in [2.05, 4.69) is 13.2 Å². The quantitative estimate of drug-likeness (QED) is 0.721. The molecule has 0 aliphatic heterocycles. The van der Waals surface area contributed by atoms with E-state index in [1.165, 1.54) is 0 Å². The fourth-order valence-electron chi connectivity index (χ4n) is 1.18. The zero-order valence-corrected chi connectivity index (χ0v) is 11.1. The molecule has 2 heteroatoms. The van der Waals surface area contributed by atoms with Crippen LogP contribution in [0.25, 0.3) is 12.2 Å². The van der Waals surface area contributed by atoms with Gasteiger partial charge in [0.15, 0.2) is 0 Å². The van der Waals surface area contributed by atoms with Crippen LogP contribution in [0.3, 0.4) is 0 Å². The molecular formula is C14H20ClN. The molecule has 0 N–H and O–H groups in total. The highest BCUT2D eigenvalue weighted by Gasteiger charge is 2.00. The molecule has 0 aliphatic carbocycles. The summed E-state index contributed by atoms with van der Waals surface area (Å²) in [4.78, 5) is 2.00. The highest BCUT2D eigenvalue weighted by molar-refractivity contribution is 6.17. The predicted molar refractivity (Wildman–Crippen MR) is 75.8 cm³/mol. The summed E-state index contributed by atoms with van der Waals surface area (Å²) in [7, 11) is 6.00. The van der Waals surface area contributed by atoms with Crippen LogP contribution in [0.2, 0.25) is 0 Å². The van der Waals surface area contributed by atoms with Gasteiger partial charge in [0.2, 0.25) is 0 Å². The van der Waals surface area contributed by atoms with E-state index in [4.69, 9.17) is 11.6 Å². The van der Waals surface area contributed by atoms with Crippen molar-refractivity contribution in [1.82, 2.24) is 4.90 Å². The van der Waals surface area contributed by atoms with Crippen molar-refractivity contribution >= 4 is 23.8 Å². The normalized spacial score (nSPS) is 9.31. The maximum atomic E-state index is 5.76. The van der Waals surface area contributed by atoms with E-state index in [0.29, 0.717) is 5.88 Å². The van der Waals surface area contributed by atoms with Gasteiger partial charge >= 0.3 is 0 Å². The van der Waals surface area contributed by atoms with Crippen LogP contribution in [0.1, 0.15) is 16.7 Å². The summed E-state index contributed by atoms with van der Waals surface area (Å²) in [6.45, 7) is 7.47. The van der Waals surface area contributed by atoms with E-state index in [9.17, 15) is 0 Å². The molecule has 1 aromatic carbocycles. The maximum absolute atomic E-state index is 5.76. The molecule has 0 unspecified atom stereocenters. The van der Waals surface area contributed by atoms with E-state index in [1.54, 1.807) is 0 Å². The van der Waals surface area contributed by atoms with Crippen molar-refractivity contribution in [2.45, 2.75) is 5.88 Å². The lowest BCUT2D eigenvalue weighted by atomic mass is 10.0. The highest BCUT2D eigenvalue weighted by Crippen LogP contribution is 2.18. The lowest BCUT2D eigenvalue weighted by molar-refractivity contribution is 0.505. The average Bonchev–Trinajstić information content (AvgIpc) is 2.26. The summed E-state index contributed by atoms with van der Waals surface area (Å²) >= 11 is 5.76. The van der Waals surface area contributed by atoms with Gasteiger partial charge in [0, 0.05) is 5.88 Å². The Kier molecular flexibility index (Phi) is 7.61. The third kappa shape index (κ3) is 5.15.